The van der Waals surface area contributed by atoms with Crippen molar-refractivity contribution in [3.05, 3.63) is 45.8 Å². The van der Waals surface area contributed by atoms with Gasteiger partial charge in [-0.05, 0) is 41.5 Å². The van der Waals surface area contributed by atoms with Crippen LogP contribution in [-0.4, -0.2) is 42.1 Å². The zero-order valence-corrected chi connectivity index (χ0v) is 23.1. The van der Waals surface area contributed by atoms with E-state index in [2.05, 4.69) is 0 Å². The van der Waals surface area contributed by atoms with Crippen LogP contribution in [0.2, 0.25) is 0 Å². The molecule has 2 aromatic rings. The van der Waals surface area contributed by atoms with Crippen molar-refractivity contribution in [1.82, 2.24) is 18.3 Å². The zero-order chi connectivity index (χ0) is 28.0. The number of hydrogen-bond donors (Lipinski definition) is 0. The van der Waals surface area contributed by atoms with Gasteiger partial charge in [-0.2, -0.15) is 0 Å². The van der Waals surface area contributed by atoms with Gasteiger partial charge in [-0.15, -0.1) is 0 Å². The van der Waals surface area contributed by atoms with E-state index >= 15 is 0 Å². The van der Waals surface area contributed by atoms with Crippen LogP contribution in [0.4, 0.5) is 0 Å². The van der Waals surface area contributed by atoms with Crippen molar-refractivity contribution < 1.29 is 73.7 Å². The van der Waals surface area contributed by atoms with Crippen LogP contribution in [0.15, 0.2) is 34.4 Å². The molecule has 0 aliphatic heterocycles. The summed E-state index contributed by atoms with van der Waals surface area (Å²) in [7, 11) is 3.49. The minimum atomic E-state index is -1.08. The Bertz CT molecular complexity index is 860. The molecule has 2 heterocycles. The van der Waals surface area contributed by atoms with E-state index in [0.717, 1.165) is 40.8 Å². The smallest absolute Gasteiger partial charge is 0.550 e. The molecule has 0 bridgehead atoms. The molecule has 16 heteroatoms. The van der Waals surface area contributed by atoms with E-state index in [1.807, 2.05) is 13.8 Å². The van der Waals surface area contributed by atoms with Crippen LogP contribution in [0, 0.1) is 0 Å². The molecule has 2 rings (SSSR count). The molecule has 0 N–H and O–H groups in total. The molecule has 0 saturated heterocycles. The summed E-state index contributed by atoms with van der Waals surface area (Å²) >= 11 is 0. The second-order valence-electron chi connectivity index (χ2n) is 5.92. The average molecular weight is 616 g/mol. The van der Waals surface area contributed by atoms with Crippen molar-refractivity contribution in [2.75, 3.05) is 0 Å². The fraction of sp³-hybridized carbons (Fsp3) is 0.500. The number of carbonyl (C=O) groups excluding carboxylic acids is 4. The van der Waals surface area contributed by atoms with Gasteiger partial charge in [-0.1, -0.05) is 0 Å². The number of nitrogens with zero attached hydrogens (tertiary/aromatic N) is 4. The first kappa shape index (κ1) is 46.3. The van der Waals surface area contributed by atoms with Crippen LogP contribution in [-0.2, 0) is 80.5 Å². The van der Waals surface area contributed by atoms with E-state index in [9.17, 15) is 9.59 Å². The Labute approximate surface area is 230 Å². The standard InChI is InChI=1S/2C6H10N2O.4C2H4O2.2Cu/c2*1-3-8-5-4-7(2)6(8)9;4*1-2(3)4;;/h2*4-5H,3H2,1-2H3;4*1H3,(H,3,4);;/q;;;;;;2*+2/p-4. The minimum absolute atomic E-state index is 0. The fourth-order valence-corrected chi connectivity index (χ4v) is 1.50. The van der Waals surface area contributed by atoms with Crippen LogP contribution in [0.3, 0.4) is 0 Å². The predicted octanol–water partition coefficient (Wildman–Crippen LogP) is -4.57. The molecule has 0 aromatic carbocycles. The number of aryl methyl sites for hydroxylation is 4. The van der Waals surface area contributed by atoms with E-state index in [0.29, 0.717) is 0 Å². The largest absolute Gasteiger partial charge is 2.00 e. The maximum Gasteiger partial charge on any atom is 2.00 e. The Morgan fingerprint density at radius 3 is 0.806 bits per heavy atom. The monoisotopic (exact) mass is 614 g/mol. The molecule has 0 spiro atoms. The number of hydrogen-bond acceptors (Lipinski definition) is 10. The summed E-state index contributed by atoms with van der Waals surface area (Å²) in [6.07, 6.45) is 7.07. The van der Waals surface area contributed by atoms with Crippen molar-refractivity contribution in [3.8, 4) is 0 Å². The van der Waals surface area contributed by atoms with Crippen molar-refractivity contribution >= 4 is 23.9 Å². The summed E-state index contributed by atoms with van der Waals surface area (Å²) in [4.78, 5) is 57.4. The quantitative estimate of drug-likeness (QED) is 0.295. The molecule has 0 unspecified atom stereocenters. The summed E-state index contributed by atoms with van der Waals surface area (Å²) in [6, 6.07) is 0. The molecular formula is C20H32Cu2N4O10. The van der Waals surface area contributed by atoms with Gasteiger partial charge in [-0.3, -0.25) is 9.13 Å². The van der Waals surface area contributed by atoms with Crippen molar-refractivity contribution in [1.29, 1.82) is 0 Å². The number of aliphatic carboxylic acids is 4. The van der Waals surface area contributed by atoms with Gasteiger partial charge in [-0.25, -0.2) is 9.59 Å². The van der Waals surface area contributed by atoms with Gasteiger partial charge >= 0.3 is 45.5 Å². The van der Waals surface area contributed by atoms with Crippen molar-refractivity contribution in [2.45, 2.75) is 54.6 Å². The molecule has 0 fully saturated rings. The third kappa shape index (κ3) is 38.2. The van der Waals surface area contributed by atoms with E-state index in [1.54, 1.807) is 57.2 Å². The van der Waals surface area contributed by atoms with Crippen LogP contribution in [0.5, 0.6) is 0 Å². The Balaban J connectivity index is -0.0000000781. The Morgan fingerprint density at radius 2 is 0.750 bits per heavy atom. The van der Waals surface area contributed by atoms with Gasteiger partial charge in [0.1, 0.15) is 0 Å². The number of rotatable bonds is 2. The Hall–Kier alpha value is -3.06. The molecular weight excluding hydrogens is 583 g/mol. The molecule has 0 aliphatic rings. The molecule has 214 valence electrons. The van der Waals surface area contributed by atoms with Crippen LogP contribution < -0.4 is 31.8 Å². The molecule has 2 radical (unpaired) electrons. The van der Waals surface area contributed by atoms with Crippen molar-refractivity contribution in [3.63, 3.8) is 0 Å². The molecule has 0 aliphatic carbocycles. The van der Waals surface area contributed by atoms with E-state index in [-0.39, 0.29) is 45.5 Å². The summed E-state index contributed by atoms with van der Waals surface area (Å²) in [5, 5.41) is 35.6. The number of carboxylic acid groups (broad SMARTS) is 4. The molecule has 0 saturated carbocycles. The Kier molecular flexibility index (Phi) is 36.2. The van der Waals surface area contributed by atoms with Gasteiger partial charge in [0.15, 0.2) is 0 Å². The van der Waals surface area contributed by atoms with Gasteiger partial charge in [0, 0.05) is 75.8 Å². The number of carbonyl (C=O) groups is 4. The third-order valence-electron chi connectivity index (χ3n) is 2.72. The van der Waals surface area contributed by atoms with E-state index < -0.39 is 23.9 Å². The van der Waals surface area contributed by atoms with Gasteiger partial charge in [0.25, 0.3) is 0 Å². The molecule has 2 aromatic heterocycles. The number of aromatic nitrogens is 4. The molecule has 14 nitrogen and oxygen atoms in total. The zero-order valence-electron chi connectivity index (χ0n) is 21.2. The first-order valence-electron chi connectivity index (χ1n) is 9.58. The Morgan fingerprint density at radius 1 is 0.583 bits per heavy atom. The number of imidazole rings is 2. The normalized spacial score (nSPS) is 7.78. The van der Waals surface area contributed by atoms with Gasteiger partial charge in [0.2, 0.25) is 0 Å². The van der Waals surface area contributed by atoms with Crippen LogP contribution >= 0.6 is 0 Å². The summed E-state index contributed by atoms with van der Waals surface area (Å²) in [5.74, 6) is -4.33. The summed E-state index contributed by atoms with van der Waals surface area (Å²) < 4.78 is 6.42. The average Bonchev–Trinajstić information content (AvgIpc) is 3.15. The number of carboxylic acids is 4. The SMILES string of the molecule is CC(=O)[O-].CC(=O)[O-].CC(=O)[O-].CC(=O)[O-].CCn1ccn(C)c1=O.CCn1ccn(C)c1=O.[Cu+2].[Cu+2]. The summed E-state index contributed by atoms with van der Waals surface area (Å²) in [5.41, 5.74) is 0.106. The minimum Gasteiger partial charge on any atom is -0.550 e. The summed E-state index contributed by atoms with van der Waals surface area (Å²) in [6.45, 7) is 9.28. The molecule has 0 amide bonds. The van der Waals surface area contributed by atoms with Gasteiger partial charge in [0.05, 0.1) is 0 Å². The first-order valence-corrected chi connectivity index (χ1v) is 9.58. The maximum atomic E-state index is 10.9. The first-order chi connectivity index (χ1) is 15.4. The molecule has 0 atom stereocenters. The van der Waals surface area contributed by atoms with E-state index in [4.69, 9.17) is 39.6 Å². The van der Waals surface area contributed by atoms with Crippen molar-refractivity contribution in [2.24, 2.45) is 14.1 Å². The second-order valence-corrected chi connectivity index (χ2v) is 5.92. The second kappa shape index (κ2) is 28.2. The fourth-order valence-electron chi connectivity index (χ4n) is 1.50. The molecule has 36 heavy (non-hydrogen) atoms. The maximum absolute atomic E-state index is 10.9. The topological polar surface area (TPSA) is 214 Å². The predicted molar refractivity (Wildman–Crippen MR) is 113 cm³/mol. The third-order valence-corrected chi connectivity index (χ3v) is 2.72. The van der Waals surface area contributed by atoms with Crippen LogP contribution in [0.25, 0.3) is 0 Å². The van der Waals surface area contributed by atoms with Crippen LogP contribution in [0.1, 0.15) is 41.5 Å². The van der Waals surface area contributed by atoms with Gasteiger partial charge < -0.3 is 48.7 Å². The van der Waals surface area contributed by atoms with E-state index in [1.165, 1.54) is 0 Å².